The third-order valence-electron chi connectivity index (χ3n) is 1.95. The minimum Gasteiger partial charge on any atom is -0.388 e. The standard InChI is InChI=1S/C7H9N.C5H6N2O/c1-8-7-5-3-2-4-6-7;6-5-4(8)2-1-3-7-5/h2-6,8H,1H3;1-3,5H,6H2. The Morgan fingerprint density at radius 2 is 2.00 bits per heavy atom. The third kappa shape index (κ3) is 4.06. The van der Waals surface area contributed by atoms with E-state index in [0.29, 0.717) is 0 Å². The van der Waals surface area contributed by atoms with Crippen LogP contribution < -0.4 is 11.1 Å². The molecule has 1 aliphatic heterocycles. The molecule has 0 aromatic heterocycles. The highest BCUT2D eigenvalue weighted by Crippen LogP contribution is 2.01. The smallest absolute Gasteiger partial charge is 0.194 e. The van der Waals surface area contributed by atoms with Gasteiger partial charge in [0.05, 0.1) is 0 Å². The quantitative estimate of drug-likeness (QED) is 0.743. The van der Waals surface area contributed by atoms with Gasteiger partial charge in [-0.3, -0.25) is 9.79 Å². The first-order valence-corrected chi connectivity index (χ1v) is 4.96. The highest BCUT2D eigenvalue weighted by molar-refractivity contribution is 6.00. The predicted molar refractivity (Wildman–Crippen MR) is 66.6 cm³/mol. The first-order chi connectivity index (χ1) is 7.74. The van der Waals surface area contributed by atoms with E-state index < -0.39 is 6.17 Å². The number of anilines is 1. The SMILES string of the molecule is CNc1ccccc1.NC1N=CC=CC1=O. The van der Waals surface area contributed by atoms with Crippen LogP contribution in [0.1, 0.15) is 0 Å². The zero-order valence-electron chi connectivity index (χ0n) is 9.13. The van der Waals surface area contributed by atoms with E-state index in [-0.39, 0.29) is 5.78 Å². The maximum Gasteiger partial charge on any atom is 0.194 e. The van der Waals surface area contributed by atoms with Crippen LogP contribution >= 0.6 is 0 Å². The van der Waals surface area contributed by atoms with E-state index in [0.717, 1.165) is 5.69 Å². The van der Waals surface area contributed by atoms with Crippen LogP contribution in [0.15, 0.2) is 47.5 Å². The summed E-state index contributed by atoms with van der Waals surface area (Å²) in [5.74, 6) is -0.132. The first kappa shape index (κ1) is 12.1. The van der Waals surface area contributed by atoms with Gasteiger partial charge in [-0.15, -0.1) is 0 Å². The molecule has 0 bridgehead atoms. The molecular weight excluding hydrogens is 202 g/mol. The molecule has 0 radical (unpaired) electrons. The van der Waals surface area contributed by atoms with Crippen molar-refractivity contribution < 1.29 is 4.79 Å². The van der Waals surface area contributed by atoms with Crippen molar-refractivity contribution >= 4 is 17.7 Å². The first-order valence-electron chi connectivity index (χ1n) is 4.96. The van der Waals surface area contributed by atoms with Crippen LogP contribution in [0.2, 0.25) is 0 Å². The topological polar surface area (TPSA) is 67.5 Å². The molecule has 1 aliphatic rings. The maximum absolute atomic E-state index is 10.5. The summed E-state index contributed by atoms with van der Waals surface area (Å²) in [6.07, 6.45) is 3.86. The Kier molecular flexibility index (Phi) is 4.95. The summed E-state index contributed by atoms with van der Waals surface area (Å²) >= 11 is 0. The number of nitrogens with two attached hydrogens (primary N) is 1. The fourth-order valence-corrected chi connectivity index (χ4v) is 1.06. The molecule has 3 N–H and O–H groups in total. The van der Waals surface area contributed by atoms with Crippen LogP contribution in [0.4, 0.5) is 5.69 Å². The normalized spacial score (nSPS) is 17.6. The van der Waals surface area contributed by atoms with Gasteiger partial charge in [-0.1, -0.05) is 18.2 Å². The summed E-state index contributed by atoms with van der Waals surface area (Å²) in [7, 11) is 1.91. The van der Waals surface area contributed by atoms with Crippen molar-refractivity contribution in [2.45, 2.75) is 6.17 Å². The fourth-order valence-electron chi connectivity index (χ4n) is 1.06. The largest absolute Gasteiger partial charge is 0.388 e. The number of carbonyl (C=O) groups excluding carboxylic acids is 1. The number of hydrogen-bond acceptors (Lipinski definition) is 4. The van der Waals surface area contributed by atoms with Crippen molar-refractivity contribution in [1.29, 1.82) is 0 Å². The van der Waals surface area contributed by atoms with Gasteiger partial charge in [-0.2, -0.15) is 0 Å². The summed E-state index contributed by atoms with van der Waals surface area (Å²) in [6, 6.07) is 10.1. The number of allylic oxidation sites excluding steroid dienone is 1. The number of hydrogen-bond donors (Lipinski definition) is 2. The highest BCUT2D eigenvalue weighted by Gasteiger charge is 2.07. The van der Waals surface area contributed by atoms with Crippen molar-refractivity contribution in [3.05, 3.63) is 42.5 Å². The number of nitrogens with zero attached hydrogens (tertiary/aromatic N) is 1. The second-order valence-electron chi connectivity index (χ2n) is 3.12. The monoisotopic (exact) mass is 217 g/mol. The lowest BCUT2D eigenvalue weighted by Crippen LogP contribution is -2.28. The van der Waals surface area contributed by atoms with Crippen molar-refractivity contribution in [1.82, 2.24) is 0 Å². The molecule has 4 nitrogen and oxygen atoms in total. The predicted octanol–water partition coefficient (Wildman–Crippen LogP) is 1.21. The molecule has 0 saturated carbocycles. The zero-order valence-corrected chi connectivity index (χ0v) is 9.13. The van der Waals surface area contributed by atoms with Gasteiger partial charge in [0.15, 0.2) is 11.9 Å². The number of para-hydroxylation sites is 1. The Balaban J connectivity index is 0.000000160. The van der Waals surface area contributed by atoms with E-state index in [9.17, 15) is 4.79 Å². The number of aliphatic imine (C=N–C) groups is 1. The molecule has 1 aromatic rings. The Hall–Kier alpha value is -1.94. The lowest BCUT2D eigenvalue weighted by molar-refractivity contribution is -0.115. The van der Waals surface area contributed by atoms with Gasteiger partial charge in [0.1, 0.15) is 0 Å². The van der Waals surface area contributed by atoms with Gasteiger partial charge >= 0.3 is 0 Å². The Labute approximate surface area is 94.9 Å². The number of carbonyl (C=O) groups is 1. The minimum absolute atomic E-state index is 0.132. The minimum atomic E-state index is -0.653. The Morgan fingerprint density at radius 3 is 2.38 bits per heavy atom. The summed E-state index contributed by atoms with van der Waals surface area (Å²) in [5, 5.41) is 3.03. The van der Waals surface area contributed by atoms with Gasteiger partial charge < -0.3 is 11.1 Å². The molecule has 1 unspecified atom stereocenters. The average Bonchev–Trinajstić information content (AvgIpc) is 2.35. The summed E-state index contributed by atoms with van der Waals surface area (Å²) in [6.45, 7) is 0. The van der Waals surface area contributed by atoms with Gasteiger partial charge in [0, 0.05) is 18.9 Å². The second kappa shape index (κ2) is 6.53. The number of nitrogens with one attached hydrogen (secondary N) is 1. The van der Waals surface area contributed by atoms with Crippen molar-refractivity contribution in [3.8, 4) is 0 Å². The second-order valence-corrected chi connectivity index (χ2v) is 3.12. The van der Waals surface area contributed by atoms with E-state index in [1.54, 1.807) is 6.08 Å². The molecular formula is C12H15N3O. The molecule has 4 heteroatoms. The van der Waals surface area contributed by atoms with Crippen LogP contribution in [-0.4, -0.2) is 25.2 Å². The van der Waals surface area contributed by atoms with Crippen LogP contribution in [0.25, 0.3) is 0 Å². The third-order valence-corrected chi connectivity index (χ3v) is 1.95. The number of ketones is 1. The lowest BCUT2D eigenvalue weighted by atomic mass is 10.2. The molecule has 0 saturated heterocycles. The van der Waals surface area contributed by atoms with E-state index >= 15 is 0 Å². The Morgan fingerprint density at radius 1 is 1.31 bits per heavy atom. The Bertz CT molecular complexity index is 385. The molecule has 0 aliphatic carbocycles. The molecule has 84 valence electrons. The fraction of sp³-hybridized carbons (Fsp3) is 0.167. The average molecular weight is 217 g/mol. The molecule has 1 aromatic carbocycles. The zero-order chi connectivity index (χ0) is 11.8. The summed E-state index contributed by atoms with van der Waals surface area (Å²) in [5.41, 5.74) is 6.34. The molecule has 2 rings (SSSR count). The van der Waals surface area contributed by atoms with Gasteiger partial charge in [-0.05, 0) is 24.3 Å². The van der Waals surface area contributed by atoms with Crippen LogP contribution in [-0.2, 0) is 4.79 Å². The molecule has 1 heterocycles. The van der Waals surface area contributed by atoms with Crippen molar-refractivity contribution in [3.63, 3.8) is 0 Å². The molecule has 0 spiro atoms. The van der Waals surface area contributed by atoms with Crippen molar-refractivity contribution in [2.75, 3.05) is 12.4 Å². The molecule has 1 atom stereocenters. The van der Waals surface area contributed by atoms with Gasteiger partial charge in [-0.25, -0.2) is 0 Å². The van der Waals surface area contributed by atoms with Gasteiger partial charge in [0.2, 0.25) is 0 Å². The maximum atomic E-state index is 10.5. The van der Waals surface area contributed by atoms with E-state index in [1.807, 2.05) is 37.4 Å². The van der Waals surface area contributed by atoms with Crippen LogP contribution in [0.5, 0.6) is 0 Å². The van der Waals surface area contributed by atoms with Gasteiger partial charge in [0.25, 0.3) is 0 Å². The van der Waals surface area contributed by atoms with Crippen LogP contribution in [0.3, 0.4) is 0 Å². The van der Waals surface area contributed by atoms with Crippen LogP contribution in [0, 0.1) is 0 Å². The molecule has 0 fully saturated rings. The summed E-state index contributed by atoms with van der Waals surface area (Å²) in [4.78, 5) is 14.1. The highest BCUT2D eigenvalue weighted by atomic mass is 16.1. The van der Waals surface area contributed by atoms with E-state index in [2.05, 4.69) is 10.3 Å². The van der Waals surface area contributed by atoms with Crippen molar-refractivity contribution in [2.24, 2.45) is 10.7 Å². The summed E-state index contributed by atoms with van der Waals surface area (Å²) < 4.78 is 0. The van der Waals surface area contributed by atoms with E-state index in [4.69, 9.17) is 5.73 Å². The van der Waals surface area contributed by atoms with E-state index in [1.165, 1.54) is 12.3 Å². The number of dihydropyridines is 1. The molecule has 0 amide bonds. The lowest BCUT2D eigenvalue weighted by Gasteiger charge is -2.01. The number of benzene rings is 1. The molecule has 16 heavy (non-hydrogen) atoms. The number of rotatable bonds is 1.